The van der Waals surface area contributed by atoms with Crippen molar-refractivity contribution in [1.29, 1.82) is 5.26 Å². The second-order valence-corrected chi connectivity index (χ2v) is 9.87. The maximum absolute atomic E-state index is 12.6. The van der Waals surface area contributed by atoms with Gasteiger partial charge in [-0.15, -0.1) is 0 Å². The van der Waals surface area contributed by atoms with Gasteiger partial charge in [0.05, 0.1) is 10.6 Å². The molecule has 0 bridgehead atoms. The number of benzene rings is 2. The van der Waals surface area contributed by atoms with Crippen LogP contribution in [0.3, 0.4) is 0 Å². The van der Waals surface area contributed by atoms with Crippen molar-refractivity contribution in [3.8, 4) is 17.3 Å². The maximum Gasteiger partial charge on any atom is 0.263 e. The first-order chi connectivity index (χ1) is 16.3. The highest BCUT2D eigenvalue weighted by molar-refractivity contribution is 7.98. The van der Waals surface area contributed by atoms with Crippen LogP contribution in [0.4, 0.5) is 17.3 Å². The number of nitrogens with zero attached hydrogens (tertiary/aromatic N) is 4. The summed E-state index contributed by atoms with van der Waals surface area (Å²) >= 11 is 7.33. The molecule has 12 heteroatoms. The minimum Gasteiger partial charge on any atom is -0.360 e. The molecule has 2 N–H and O–H groups in total. The molecule has 0 unspecified atom stereocenters. The second kappa shape index (κ2) is 9.72. The Balaban J connectivity index is 1.64. The number of halogens is 1. The molecular formula is C22H17ClN6O3S2. The third-order valence-corrected chi connectivity index (χ3v) is 6.77. The number of rotatable bonds is 7. The van der Waals surface area contributed by atoms with Crippen LogP contribution in [0.1, 0.15) is 11.3 Å². The van der Waals surface area contributed by atoms with Crippen LogP contribution >= 0.6 is 23.4 Å². The highest BCUT2D eigenvalue weighted by Crippen LogP contribution is 2.31. The van der Waals surface area contributed by atoms with E-state index in [1.54, 1.807) is 43.3 Å². The predicted octanol–water partition coefficient (Wildman–Crippen LogP) is 5.23. The molecule has 2 aromatic heterocycles. The van der Waals surface area contributed by atoms with Crippen molar-refractivity contribution in [1.82, 2.24) is 15.1 Å². The van der Waals surface area contributed by atoms with Crippen molar-refractivity contribution < 1.29 is 12.9 Å². The monoisotopic (exact) mass is 512 g/mol. The van der Waals surface area contributed by atoms with Gasteiger partial charge >= 0.3 is 0 Å². The van der Waals surface area contributed by atoms with E-state index in [1.165, 1.54) is 30.0 Å². The lowest BCUT2D eigenvalue weighted by atomic mass is 10.1. The van der Waals surface area contributed by atoms with E-state index in [1.807, 2.05) is 6.26 Å². The van der Waals surface area contributed by atoms with Gasteiger partial charge in [-0.25, -0.2) is 18.4 Å². The third-order valence-electron chi connectivity index (χ3n) is 4.59. The number of aryl methyl sites for hydroxylation is 1. The van der Waals surface area contributed by atoms with Gasteiger partial charge in [0.15, 0.2) is 16.8 Å². The summed E-state index contributed by atoms with van der Waals surface area (Å²) in [5.74, 6) is 0.884. The topological polar surface area (TPSA) is 134 Å². The number of anilines is 3. The molecule has 0 amide bonds. The molecular weight excluding hydrogens is 496 g/mol. The smallest absolute Gasteiger partial charge is 0.263 e. The van der Waals surface area contributed by atoms with Crippen molar-refractivity contribution in [3.63, 3.8) is 0 Å². The number of nitriles is 1. The molecule has 9 nitrogen and oxygen atoms in total. The number of aromatic nitrogens is 3. The Bertz CT molecular complexity index is 1480. The van der Waals surface area contributed by atoms with E-state index in [2.05, 4.69) is 31.2 Å². The van der Waals surface area contributed by atoms with E-state index < -0.39 is 10.0 Å². The first-order valence-electron chi connectivity index (χ1n) is 9.74. The van der Waals surface area contributed by atoms with E-state index in [0.717, 1.165) is 5.56 Å². The molecule has 0 fully saturated rings. The number of sulfonamides is 1. The molecule has 0 saturated carbocycles. The van der Waals surface area contributed by atoms with Crippen LogP contribution in [-0.4, -0.2) is 29.8 Å². The lowest BCUT2D eigenvalue weighted by molar-refractivity contribution is 0.400. The van der Waals surface area contributed by atoms with Crippen molar-refractivity contribution in [2.75, 3.05) is 16.3 Å². The van der Waals surface area contributed by atoms with E-state index in [0.29, 0.717) is 33.1 Å². The van der Waals surface area contributed by atoms with Crippen LogP contribution in [0.2, 0.25) is 5.02 Å². The molecule has 172 valence electrons. The van der Waals surface area contributed by atoms with Crippen LogP contribution in [0, 0.1) is 18.3 Å². The SMILES string of the molecule is CSc1nc(Nc2ccc(S(=O)(=O)Nc3cc(C)on3)cc2)c(C#N)c(-c2ccc(Cl)cc2)n1. The van der Waals surface area contributed by atoms with Gasteiger partial charge in [0, 0.05) is 22.3 Å². The third kappa shape index (κ3) is 5.14. The Hall–Kier alpha value is -3.59. The fraction of sp³-hybridized carbons (Fsp3) is 0.0909. The Morgan fingerprint density at radius 1 is 1.09 bits per heavy atom. The highest BCUT2D eigenvalue weighted by atomic mass is 35.5. The molecule has 0 atom stereocenters. The second-order valence-electron chi connectivity index (χ2n) is 6.98. The Labute approximate surface area is 205 Å². The number of nitrogens with one attached hydrogen (secondary N) is 2. The summed E-state index contributed by atoms with van der Waals surface area (Å²) in [6, 6.07) is 16.7. The van der Waals surface area contributed by atoms with E-state index in [4.69, 9.17) is 16.1 Å². The first-order valence-corrected chi connectivity index (χ1v) is 12.8. The van der Waals surface area contributed by atoms with Crippen molar-refractivity contribution in [2.24, 2.45) is 0 Å². The molecule has 0 aliphatic heterocycles. The fourth-order valence-electron chi connectivity index (χ4n) is 3.01. The normalized spacial score (nSPS) is 11.1. The average molecular weight is 513 g/mol. The van der Waals surface area contributed by atoms with Crippen LogP contribution in [-0.2, 0) is 10.0 Å². The maximum atomic E-state index is 12.6. The van der Waals surface area contributed by atoms with Gasteiger partial charge in [0.2, 0.25) is 0 Å². The average Bonchev–Trinajstić information content (AvgIpc) is 3.23. The van der Waals surface area contributed by atoms with Crippen LogP contribution in [0.5, 0.6) is 0 Å². The van der Waals surface area contributed by atoms with Crippen LogP contribution in [0.15, 0.2) is 69.2 Å². The molecule has 0 spiro atoms. The minimum atomic E-state index is -3.85. The lowest BCUT2D eigenvalue weighted by Crippen LogP contribution is -2.13. The Morgan fingerprint density at radius 2 is 1.79 bits per heavy atom. The standard InChI is InChI=1S/C22H17ClN6O3S2/c1-13-11-19(28-32-13)29-34(30,31)17-9-7-16(8-10-17)25-21-18(12-24)20(26-22(27-21)33-2)14-3-5-15(23)6-4-14/h3-11H,1-2H3,(H,28,29)(H,25,26,27). The number of hydrogen-bond acceptors (Lipinski definition) is 9. The molecule has 0 aliphatic rings. The van der Waals surface area contributed by atoms with Crippen molar-refractivity contribution in [3.05, 3.63) is 70.9 Å². The summed E-state index contributed by atoms with van der Waals surface area (Å²) in [6.45, 7) is 1.66. The van der Waals surface area contributed by atoms with Gasteiger partial charge in [0.1, 0.15) is 17.4 Å². The van der Waals surface area contributed by atoms with Crippen LogP contribution < -0.4 is 10.0 Å². The summed E-state index contributed by atoms with van der Waals surface area (Å²) < 4.78 is 32.4. The number of thioether (sulfide) groups is 1. The van der Waals surface area contributed by atoms with Gasteiger partial charge in [0.25, 0.3) is 10.0 Å². The van der Waals surface area contributed by atoms with Gasteiger partial charge in [-0.1, -0.05) is 40.7 Å². The summed E-state index contributed by atoms with van der Waals surface area (Å²) in [7, 11) is -3.85. The lowest BCUT2D eigenvalue weighted by Gasteiger charge is -2.13. The molecule has 0 saturated heterocycles. The quantitative estimate of drug-likeness (QED) is 0.252. The molecule has 0 aliphatic carbocycles. The first kappa shape index (κ1) is 23.6. The van der Waals surface area contributed by atoms with Gasteiger partial charge in [-0.05, 0) is 49.6 Å². The zero-order valence-corrected chi connectivity index (χ0v) is 20.3. The predicted molar refractivity (Wildman–Crippen MR) is 131 cm³/mol. The van der Waals surface area contributed by atoms with E-state index >= 15 is 0 Å². The Kier molecular flexibility index (Phi) is 6.74. The molecule has 2 aromatic carbocycles. The molecule has 4 rings (SSSR count). The fourth-order valence-corrected chi connectivity index (χ4v) is 4.48. The largest absolute Gasteiger partial charge is 0.360 e. The number of hydrogen-bond donors (Lipinski definition) is 2. The van der Waals surface area contributed by atoms with Crippen LogP contribution in [0.25, 0.3) is 11.3 Å². The summed E-state index contributed by atoms with van der Waals surface area (Å²) in [6.07, 6.45) is 1.83. The molecule has 0 radical (unpaired) electrons. The van der Waals surface area contributed by atoms with Gasteiger partial charge < -0.3 is 9.84 Å². The highest BCUT2D eigenvalue weighted by Gasteiger charge is 2.18. The minimum absolute atomic E-state index is 0.0357. The summed E-state index contributed by atoms with van der Waals surface area (Å²) in [5.41, 5.74) is 1.98. The zero-order valence-electron chi connectivity index (χ0n) is 17.9. The van der Waals surface area contributed by atoms with E-state index in [-0.39, 0.29) is 16.3 Å². The van der Waals surface area contributed by atoms with Crippen molar-refractivity contribution in [2.45, 2.75) is 17.0 Å². The zero-order chi connectivity index (χ0) is 24.3. The summed E-state index contributed by atoms with van der Waals surface area (Å²) in [5, 5.41) is 17.6. The molecule has 34 heavy (non-hydrogen) atoms. The van der Waals surface area contributed by atoms with Gasteiger partial charge in [-0.3, -0.25) is 4.72 Å². The van der Waals surface area contributed by atoms with E-state index in [9.17, 15) is 13.7 Å². The summed E-state index contributed by atoms with van der Waals surface area (Å²) in [4.78, 5) is 8.97. The molecule has 2 heterocycles. The van der Waals surface area contributed by atoms with Crippen molar-refractivity contribution >= 4 is 50.7 Å². The van der Waals surface area contributed by atoms with Gasteiger partial charge in [-0.2, -0.15) is 5.26 Å². The molecule has 4 aromatic rings. The Morgan fingerprint density at radius 3 is 2.38 bits per heavy atom.